The van der Waals surface area contributed by atoms with Gasteiger partial charge in [0, 0.05) is 12.6 Å². The number of hydrogen-bond donors (Lipinski definition) is 1. The standard InChI is InChI=1S/C12H23N5/c1-12(2,17-7-5-6-8-17)11(13-3)10-9-14-15-16(10)4/h9,11,13H,5-8H2,1-4H3. The summed E-state index contributed by atoms with van der Waals surface area (Å²) in [5.74, 6) is 0. The van der Waals surface area contributed by atoms with Crippen LogP contribution < -0.4 is 5.32 Å². The maximum Gasteiger partial charge on any atom is 0.0771 e. The summed E-state index contributed by atoms with van der Waals surface area (Å²) in [6.07, 6.45) is 4.48. The molecule has 0 saturated carbocycles. The van der Waals surface area contributed by atoms with Gasteiger partial charge < -0.3 is 5.32 Å². The van der Waals surface area contributed by atoms with Gasteiger partial charge in [-0.3, -0.25) is 9.58 Å². The summed E-state index contributed by atoms with van der Waals surface area (Å²) in [5.41, 5.74) is 1.23. The molecule has 17 heavy (non-hydrogen) atoms. The Morgan fingerprint density at radius 3 is 2.47 bits per heavy atom. The molecule has 0 spiro atoms. The van der Waals surface area contributed by atoms with Gasteiger partial charge in [-0.15, -0.1) is 5.10 Å². The fourth-order valence-corrected chi connectivity index (χ4v) is 2.90. The molecule has 0 radical (unpaired) electrons. The van der Waals surface area contributed by atoms with E-state index in [1.54, 1.807) is 0 Å². The van der Waals surface area contributed by atoms with Crippen molar-refractivity contribution in [3.8, 4) is 0 Å². The van der Waals surface area contributed by atoms with Crippen molar-refractivity contribution in [3.05, 3.63) is 11.9 Å². The first kappa shape index (κ1) is 12.5. The van der Waals surface area contributed by atoms with Crippen LogP contribution in [-0.4, -0.2) is 45.6 Å². The van der Waals surface area contributed by atoms with Crippen molar-refractivity contribution < 1.29 is 0 Å². The van der Waals surface area contributed by atoms with Crippen LogP contribution in [-0.2, 0) is 7.05 Å². The Morgan fingerprint density at radius 2 is 2.00 bits per heavy atom. The molecule has 1 aromatic rings. The smallest absolute Gasteiger partial charge is 0.0771 e. The van der Waals surface area contributed by atoms with E-state index in [4.69, 9.17) is 0 Å². The molecule has 5 heteroatoms. The third-order valence-corrected chi connectivity index (χ3v) is 3.96. The van der Waals surface area contributed by atoms with Crippen molar-refractivity contribution in [2.24, 2.45) is 7.05 Å². The van der Waals surface area contributed by atoms with E-state index in [9.17, 15) is 0 Å². The van der Waals surface area contributed by atoms with E-state index in [2.05, 4.69) is 34.4 Å². The topological polar surface area (TPSA) is 46.0 Å². The highest BCUT2D eigenvalue weighted by Gasteiger charge is 2.38. The van der Waals surface area contributed by atoms with Crippen molar-refractivity contribution in [2.45, 2.75) is 38.3 Å². The molecule has 0 aliphatic carbocycles. The highest BCUT2D eigenvalue weighted by Crippen LogP contribution is 2.32. The average molecular weight is 237 g/mol. The molecule has 0 bridgehead atoms. The van der Waals surface area contributed by atoms with Crippen molar-refractivity contribution in [1.82, 2.24) is 25.2 Å². The maximum atomic E-state index is 4.03. The van der Waals surface area contributed by atoms with Gasteiger partial charge in [-0.1, -0.05) is 5.21 Å². The normalized spacial score (nSPS) is 19.8. The summed E-state index contributed by atoms with van der Waals surface area (Å²) >= 11 is 0. The van der Waals surface area contributed by atoms with Crippen LogP contribution in [0.15, 0.2) is 6.20 Å². The second kappa shape index (κ2) is 4.74. The Kier molecular flexibility index (Phi) is 3.49. The summed E-state index contributed by atoms with van der Waals surface area (Å²) in [7, 11) is 3.96. The minimum absolute atomic E-state index is 0.0841. The highest BCUT2D eigenvalue weighted by atomic mass is 15.4. The van der Waals surface area contributed by atoms with Crippen molar-refractivity contribution in [1.29, 1.82) is 0 Å². The zero-order valence-corrected chi connectivity index (χ0v) is 11.3. The molecular formula is C12H23N5. The first-order chi connectivity index (χ1) is 8.07. The second-order valence-electron chi connectivity index (χ2n) is 5.35. The Balaban J connectivity index is 2.25. The number of aromatic nitrogens is 3. The Morgan fingerprint density at radius 1 is 1.35 bits per heavy atom. The van der Waals surface area contributed by atoms with E-state index in [-0.39, 0.29) is 11.6 Å². The van der Waals surface area contributed by atoms with Crippen molar-refractivity contribution in [3.63, 3.8) is 0 Å². The Bertz CT molecular complexity index is 365. The average Bonchev–Trinajstić information content (AvgIpc) is 2.91. The number of hydrogen-bond acceptors (Lipinski definition) is 4. The summed E-state index contributed by atoms with van der Waals surface area (Å²) in [4.78, 5) is 2.56. The van der Waals surface area contributed by atoms with E-state index in [1.165, 1.54) is 25.9 Å². The number of aryl methyl sites for hydroxylation is 1. The molecule has 1 N–H and O–H groups in total. The maximum absolute atomic E-state index is 4.03. The van der Waals surface area contributed by atoms with Gasteiger partial charge in [-0.05, 0) is 46.8 Å². The summed E-state index contributed by atoms with van der Waals surface area (Å²) in [6.45, 7) is 6.98. The summed E-state index contributed by atoms with van der Waals surface area (Å²) in [6, 6.07) is 0.251. The van der Waals surface area contributed by atoms with Crippen molar-refractivity contribution in [2.75, 3.05) is 20.1 Å². The van der Waals surface area contributed by atoms with Gasteiger partial charge in [-0.2, -0.15) is 0 Å². The lowest BCUT2D eigenvalue weighted by Crippen LogP contribution is -2.51. The molecule has 5 nitrogen and oxygen atoms in total. The van der Waals surface area contributed by atoms with Crippen LogP contribution in [0.3, 0.4) is 0 Å². The zero-order valence-electron chi connectivity index (χ0n) is 11.3. The molecule has 1 saturated heterocycles. The van der Waals surface area contributed by atoms with Gasteiger partial charge in [0.15, 0.2) is 0 Å². The summed E-state index contributed by atoms with van der Waals surface area (Å²) in [5, 5.41) is 11.4. The van der Waals surface area contributed by atoms with Gasteiger partial charge in [-0.25, -0.2) is 0 Å². The molecule has 1 fully saturated rings. The fourth-order valence-electron chi connectivity index (χ4n) is 2.90. The SMILES string of the molecule is CNC(c1cnnn1C)C(C)(C)N1CCCC1. The lowest BCUT2D eigenvalue weighted by molar-refractivity contribution is 0.107. The third kappa shape index (κ3) is 2.21. The quantitative estimate of drug-likeness (QED) is 0.847. The van der Waals surface area contributed by atoms with Crippen LogP contribution in [0.1, 0.15) is 38.4 Å². The molecule has 96 valence electrons. The van der Waals surface area contributed by atoms with Gasteiger partial charge in [0.25, 0.3) is 0 Å². The van der Waals surface area contributed by atoms with Crippen LogP contribution in [0.2, 0.25) is 0 Å². The van der Waals surface area contributed by atoms with Crippen LogP contribution in [0.5, 0.6) is 0 Å². The Hall–Kier alpha value is -0.940. The number of nitrogens with one attached hydrogen (secondary N) is 1. The van der Waals surface area contributed by atoms with Gasteiger partial charge in [0.1, 0.15) is 0 Å². The molecule has 0 amide bonds. The molecule has 1 aliphatic heterocycles. The first-order valence-electron chi connectivity index (χ1n) is 6.34. The number of nitrogens with zero attached hydrogens (tertiary/aromatic N) is 4. The van der Waals surface area contributed by atoms with Crippen LogP contribution >= 0.6 is 0 Å². The van der Waals surface area contributed by atoms with E-state index in [1.807, 2.05) is 25.0 Å². The van der Waals surface area contributed by atoms with E-state index in [0.717, 1.165) is 5.69 Å². The van der Waals surface area contributed by atoms with E-state index in [0.29, 0.717) is 0 Å². The molecule has 2 heterocycles. The van der Waals surface area contributed by atoms with E-state index < -0.39 is 0 Å². The van der Waals surface area contributed by atoms with Gasteiger partial charge in [0.05, 0.1) is 17.9 Å². The minimum Gasteiger partial charge on any atom is -0.310 e. The number of likely N-dealkylation sites (N-methyl/N-ethyl adjacent to an activating group) is 1. The number of rotatable bonds is 4. The first-order valence-corrected chi connectivity index (χ1v) is 6.34. The Labute approximate surface area is 103 Å². The molecule has 1 aliphatic rings. The van der Waals surface area contributed by atoms with E-state index >= 15 is 0 Å². The third-order valence-electron chi connectivity index (χ3n) is 3.96. The van der Waals surface area contributed by atoms with Crippen LogP contribution in [0.4, 0.5) is 0 Å². The second-order valence-corrected chi connectivity index (χ2v) is 5.35. The van der Waals surface area contributed by atoms with Gasteiger partial charge in [0.2, 0.25) is 0 Å². The lowest BCUT2D eigenvalue weighted by Gasteiger charge is -2.41. The largest absolute Gasteiger partial charge is 0.310 e. The predicted octanol–water partition coefficient (Wildman–Crippen LogP) is 0.950. The molecular weight excluding hydrogens is 214 g/mol. The van der Waals surface area contributed by atoms with Crippen LogP contribution in [0.25, 0.3) is 0 Å². The van der Waals surface area contributed by atoms with Crippen LogP contribution in [0, 0.1) is 0 Å². The molecule has 0 aromatic carbocycles. The lowest BCUT2D eigenvalue weighted by atomic mass is 9.90. The molecule has 1 aromatic heterocycles. The van der Waals surface area contributed by atoms with Gasteiger partial charge >= 0.3 is 0 Å². The summed E-state index contributed by atoms with van der Waals surface area (Å²) < 4.78 is 1.86. The molecule has 2 rings (SSSR count). The zero-order chi connectivity index (χ0) is 12.5. The number of likely N-dealkylation sites (tertiary alicyclic amines) is 1. The minimum atomic E-state index is 0.0841. The highest BCUT2D eigenvalue weighted by molar-refractivity contribution is 5.10. The molecule has 1 atom stereocenters. The fraction of sp³-hybridized carbons (Fsp3) is 0.833. The monoisotopic (exact) mass is 237 g/mol. The molecule has 1 unspecified atom stereocenters. The van der Waals surface area contributed by atoms with Crippen molar-refractivity contribution >= 4 is 0 Å². The predicted molar refractivity (Wildman–Crippen MR) is 67.7 cm³/mol.